The molecular weight excluding hydrogens is 278 g/mol. The van der Waals surface area contributed by atoms with Crippen molar-refractivity contribution in [2.45, 2.75) is 25.7 Å². The van der Waals surface area contributed by atoms with Crippen LogP contribution in [0.2, 0.25) is 0 Å². The van der Waals surface area contributed by atoms with E-state index in [9.17, 15) is 13.6 Å². The average molecular weight is 296 g/mol. The number of alkyl halides is 2. The average Bonchev–Trinajstić information content (AvgIpc) is 2.37. The highest BCUT2D eigenvalue weighted by atomic mass is 19.3. The number of aryl methyl sites for hydroxylation is 1. The lowest BCUT2D eigenvalue weighted by Gasteiger charge is -2.42. The lowest BCUT2D eigenvalue weighted by molar-refractivity contribution is -0.142. The number of amides is 1. The standard InChI is InChI=1S/C14H18F2N4O/c1-10-6-12(18-9-17-10)20-7-11(8-20)13(21)19-4-2-14(15,16)3-5-19/h6,9,11H,2-5,7-8H2,1H3. The summed E-state index contributed by atoms with van der Waals surface area (Å²) in [5.41, 5.74) is 0.882. The third-order valence-electron chi connectivity index (χ3n) is 4.15. The van der Waals surface area contributed by atoms with Gasteiger partial charge in [0.05, 0.1) is 5.92 Å². The van der Waals surface area contributed by atoms with Crippen LogP contribution >= 0.6 is 0 Å². The monoisotopic (exact) mass is 296 g/mol. The number of halogens is 2. The van der Waals surface area contributed by atoms with Gasteiger partial charge in [-0.25, -0.2) is 18.7 Å². The molecule has 2 fully saturated rings. The van der Waals surface area contributed by atoms with E-state index >= 15 is 0 Å². The first kappa shape index (κ1) is 14.2. The van der Waals surface area contributed by atoms with E-state index in [4.69, 9.17) is 0 Å². The zero-order valence-corrected chi connectivity index (χ0v) is 11.9. The van der Waals surface area contributed by atoms with Crippen molar-refractivity contribution in [3.05, 3.63) is 18.1 Å². The molecule has 0 saturated carbocycles. The van der Waals surface area contributed by atoms with Crippen molar-refractivity contribution < 1.29 is 13.6 Å². The Morgan fingerprint density at radius 1 is 1.29 bits per heavy atom. The summed E-state index contributed by atoms with van der Waals surface area (Å²) < 4.78 is 26.2. The Morgan fingerprint density at radius 3 is 2.57 bits per heavy atom. The number of rotatable bonds is 2. The zero-order valence-electron chi connectivity index (χ0n) is 11.9. The van der Waals surface area contributed by atoms with E-state index in [1.165, 1.54) is 6.33 Å². The van der Waals surface area contributed by atoms with Gasteiger partial charge in [0.15, 0.2) is 0 Å². The first-order valence-corrected chi connectivity index (χ1v) is 7.15. The molecular formula is C14H18F2N4O. The minimum absolute atomic E-state index is 0.00692. The number of anilines is 1. The molecule has 0 radical (unpaired) electrons. The summed E-state index contributed by atoms with van der Waals surface area (Å²) in [7, 11) is 0. The van der Waals surface area contributed by atoms with Crippen molar-refractivity contribution in [2.75, 3.05) is 31.1 Å². The molecule has 0 N–H and O–H groups in total. The second-order valence-corrected chi connectivity index (χ2v) is 5.80. The van der Waals surface area contributed by atoms with Crippen LogP contribution in [0.3, 0.4) is 0 Å². The number of carbonyl (C=O) groups is 1. The quantitative estimate of drug-likeness (QED) is 0.829. The Hall–Kier alpha value is -1.79. The van der Waals surface area contributed by atoms with Gasteiger partial charge in [-0.1, -0.05) is 0 Å². The molecule has 1 aromatic rings. The predicted octanol–water partition coefficient (Wildman–Crippen LogP) is 1.48. The summed E-state index contributed by atoms with van der Waals surface area (Å²) in [4.78, 5) is 24.1. The van der Waals surface area contributed by atoms with E-state index in [1.54, 1.807) is 4.90 Å². The number of hydrogen-bond acceptors (Lipinski definition) is 4. The highest BCUT2D eigenvalue weighted by Gasteiger charge is 2.40. The zero-order chi connectivity index (χ0) is 15.0. The summed E-state index contributed by atoms with van der Waals surface area (Å²) in [5.74, 6) is -1.91. The van der Waals surface area contributed by atoms with Crippen LogP contribution < -0.4 is 4.90 Å². The van der Waals surface area contributed by atoms with Gasteiger partial charge in [0.2, 0.25) is 5.91 Å². The Balaban J connectivity index is 1.53. The molecule has 0 aliphatic carbocycles. The maximum absolute atomic E-state index is 13.1. The maximum Gasteiger partial charge on any atom is 0.251 e. The van der Waals surface area contributed by atoms with Crippen LogP contribution in [0.25, 0.3) is 0 Å². The van der Waals surface area contributed by atoms with Gasteiger partial charge in [0, 0.05) is 50.8 Å². The highest BCUT2D eigenvalue weighted by Crippen LogP contribution is 2.30. The molecule has 0 atom stereocenters. The lowest BCUT2D eigenvalue weighted by Crippen LogP contribution is -2.56. The van der Waals surface area contributed by atoms with Gasteiger partial charge in [0.1, 0.15) is 12.1 Å². The molecule has 2 saturated heterocycles. The topological polar surface area (TPSA) is 49.3 Å². The molecule has 0 bridgehead atoms. The van der Waals surface area contributed by atoms with Crippen molar-refractivity contribution in [1.82, 2.24) is 14.9 Å². The van der Waals surface area contributed by atoms with E-state index in [2.05, 4.69) is 9.97 Å². The van der Waals surface area contributed by atoms with E-state index < -0.39 is 5.92 Å². The summed E-state index contributed by atoms with van der Waals surface area (Å²) in [5, 5.41) is 0. The number of hydrogen-bond donors (Lipinski definition) is 0. The van der Waals surface area contributed by atoms with Crippen molar-refractivity contribution >= 4 is 11.7 Å². The van der Waals surface area contributed by atoms with Crippen LogP contribution in [0.15, 0.2) is 12.4 Å². The van der Waals surface area contributed by atoms with Crippen molar-refractivity contribution in [2.24, 2.45) is 5.92 Å². The summed E-state index contributed by atoms with van der Waals surface area (Å²) in [6.07, 6.45) is 1.06. The van der Waals surface area contributed by atoms with Crippen LogP contribution in [-0.2, 0) is 4.79 Å². The van der Waals surface area contributed by atoms with Crippen LogP contribution in [-0.4, -0.2) is 52.9 Å². The SMILES string of the molecule is Cc1cc(N2CC(C(=O)N3CCC(F)(F)CC3)C2)ncn1. The first-order chi connectivity index (χ1) is 9.94. The smallest absolute Gasteiger partial charge is 0.251 e. The normalized spacial score (nSPS) is 22.0. The van der Waals surface area contributed by atoms with Gasteiger partial charge in [-0.2, -0.15) is 0 Å². The number of carbonyl (C=O) groups excluding carboxylic acids is 1. The van der Waals surface area contributed by atoms with Gasteiger partial charge in [-0.05, 0) is 6.92 Å². The maximum atomic E-state index is 13.1. The van der Waals surface area contributed by atoms with E-state index in [-0.39, 0.29) is 37.8 Å². The van der Waals surface area contributed by atoms with Crippen molar-refractivity contribution in [1.29, 1.82) is 0 Å². The largest absolute Gasteiger partial charge is 0.355 e. The second kappa shape index (κ2) is 5.20. The third kappa shape index (κ3) is 2.96. The third-order valence-corrected chi connectivity index (χ3v) is 4.15. The van der Waals surface area contributed by atoms with Crippen molar-refractivity contribution in [3.63, 3.8) is 0 Å². The summed E-state index contributed by atoms with van der Waals surface area (Å²) in [6, 6.07) is 1.88. The van der Waals surface area contributed by atoms with E-state index in [1.807, 2.05) is 17.9 Å². The fourth-order valence-corrected chi connectivity index (χ4v) is 2.75. The molecule has 3 rings (SSSR count). The first-order valence-electron chi connectivity index (χ1n) is 7.15. The second-order valence-electron chi connectivity index (χ2n) is 5.80. The Bertz CT molecular complexity index is 536. The van der Waals surface area contributed by atoms with Crippen molar-refractivity contribution in [3.8, 4) is 0 Å². The van der Waals surface area contributed by atoms with Crippen LogP contribution in [0.5, 0.6) is 0 Å². The summed E-state index contributed by atoms with van der Waals surface area (Å²) in [6.45, 7) is 3.41. The molecule has 7 heteroatoms. The molecule has 1 aromatic heterocycles. The molecule has 3 heterocycles. The van der Waals surface area contributed by atoms with E-state index in [0.717, 1.165) is 11.5 Å². The molecule has 0 aromatic carbocycles. The molecule has 0 spiro atoms. The number of aromatic nitrogens is 2. The van der Waals surface area contributed by atoms with Gasteiger partial charge in [0.25, 0.3) is 5.92 Å². The van der Waals surface area contributed by atoms with Crippen LogP contribution in [0, 0.1) is 12.8 Å². The molecule has 2 aliphatic heterocycles. The minimum atomic E-state index is -2.61. The lowest BCUT2D eigenvalue weighted by atomic mass is 9.96. The predicted molar refractivity (Wildman–Crippen MR) is 73.2 cm³/mol. The van der Waals surface area contributed by atoms with Crippen LogP contribution in [0.1, 0.15) is 18.5 Å². The minimum Gasteiger partial charge on any atom is -0.355 e. The van der Waals surface area contributed by atoms with Gasteiger partial charge in [-0.3, -0.25) is 4.79 Å². The Kier molecular flexibility index (Phi) is 3.51. The number of nitrogens with zero attached hydrogens (tertiary/aromatic N) is 4. The summed E-state index contributed by atoms with van der Waals surface area (Å²) >= 11 is 0. The molecule has 21 heavy (non-hydrogen) atoms. The fraction of sp³-hybridized carbons (Fsp3) is 0.643. The van der Waals surface area contributed by atoms with Crippen LogP contribution in [0.4, 0.5) is 14.6 Å². The Morgan fingerprint density at radius 2 is 1.95 bits per heavy atom. The van der Waals surface area contributed by atoms with E-state index in [0.29, 0.717) is 13.1 Å². The van der Waals surface area contributed by atoms with Gasteiger partial charge >= 0.3 is 0 Å². The number of piperidine rings is 1. The van der Waals surface area contributed by atoms with Gasteiger partial charge < -0.3 is 9.80 Å². The van der Waals surface area contributed by atoms with Gasteiger partial charge in [-0.15, -0.1) is 0 Å². The molecule has 114 valence electrons. The number of likely N-dealkylation sites (tertiary alicyclic amines) is 1. The fourth-order valence-electron chi connectivity index (χ4n) is 2.75. The molecule has 1 amide bonds. The Labute approximate surface area is 122 Å². The molecule has 0 unspecified atom stereocenters. The molecule has 5 nitrogen and oxygen atoms in total. The highest BCUT2D eigenvalue weighted by molar-refractivity contribution is 5.82. The molecule has 2 aliphatic rings.